The fraction of sp³-hybridized carbons (Fsp3) is 0.500. The number of allylic oxidation sites excluding steroid dienone is 4. The summed E-state index contributed by atoms with van der Waals surface area (Å²) in [6.07, 6.45) is 2.11. The maximum Gasteiger partial charge on any atom is 2.00 e. The van der Waals surface area contributed by atoms with Crippen molar-refractivity contribution in [3.63, 3.8) is 0 Å². The number of ketones is 2. The van der Waals surface area contributed by atoms with Gasteiger partial charge in [0.2, 0.25) is 0 Å². The second-order valence-electron chi connectivity index (χ2n) is 2.73. The van der Waals surface area contributed by atoms with Gasteiger partial charge in [-0.05, 0) is 26.0 Å². The Morgan fingerprint density at radius 1 is 0.737 bits per heavy atom. The Bertz CT molecular complexity index is 235. The third-order valence-corrected chi connectivity index (χ3v) is 0.813. The largest absolute Gasteiger partial charge is 2.00 e. The zero-order valence-electron chi connectivity index (χ0n) is 12.4. The second-order valence-corrected chi connectivity index (χ2v) is 2.73. The summed E-state index contributed by atoms with van der Waals surface area (Å²) >= 11 is 0. The van der Waals surface area contributed by atoms with E-state index in [9.17, 15) is 19.8 Å². The number of hydrogen-bond acceptors (Lipinski definition) is 6. The molecule has 0 aromatic carbocycles. The first kappa shape index (κ1) is 30.8. The maximum atomic E-state index is 9.98. The van der Waals surface area contributed by atoms with Crippen LogP contribution in [0.2, 0.25) is 0 Å². The van der Waals surface area contributed by atoms with E-state index in [1.165, 1.54) is 27.7 Å². The van der Waals surface area contributed by atoms with E-state index in [1.54, 1.807) is 0 Å². The normalized spacial score (nSPS) is 9.05. The minimum absolute atomic E-state index is 0. The molecule has 108 valence electrons. The van der Waals surface area contributed by atoms with Crippen molar-refractivity contribution in [2.75, 3.05) is 14.2 Å². The molecule has 0 fully saturated rings. The fourth-order valence-electron chi connectivity index (χ4n) is 0.572. The molecule has 0 rings (SSSR count). The van der Waals surface area contributed by atoms with Crippen molar-refractivity contribution in [3.8, 4) is 0 Å². The van der Waals surface area contributed by atoms with E-state index in [4.69, 9.17) is 10.2 Å². The molecule has 2 N–H and O–H groups in total. The molecule has 0 saturated carbocycles. The molecule has 0 aromatic rings. The molecule has 7 heteroatoms. The van der Waals surface area contributed by atoms with Crippen molar-refractivity contribution in [2.45, 2.75) is 27.7 Å². The van der Waals surface area contributed by atoms with Crippen LogP contribution in [0.25, 0.3) is 0 Å². The van der Waals surface area contributed by atoms with Gasteiger partial charge >= 0.3 is 19.5 Å². The Morgan fingerprint density at radius 2 is 0.895 bits per heavy atom. The van der Waals surface area contributed by atoms with E-state index < -0.39 is 0 Å². The summed E-state index contributed by atoms with van der Waals surface area (Å²) in [7, 11) is 2.00. The zero-order chi connectivity index (χ0) is 15.7. The quantitative estimate of drug-likeness (QED) is 0.377. The van der Waals surface area contributed by atoms with Crippen LogP contribution in [0.5, 0.6) is 0 Å². The van der Waals surface area contributed by atoms with E-state index in [1.807, 2.05) is 0 Å². The van der Waals surface area contributed by atoms with Gasteiger partial charge in [-0.25, -0.2) is 0 Å². The molecule has 0 heterocycles. The van der Waals surface area contributed by atoms with Gasteiger partial charge in [0.1, 0.15) is 0 Å². The number of aliphatic hydroxyl groups excluding tert-OH is 2. The summed E-state index contributed by atoms with van der Waals surface area (Å²) in [5.74, 6) is -0.750. The molecule has 0 aliphatic rings. The van der Waals surface area contributed by atoms with Crippen LogP contribution in [-0.2, 0) is 29.1 Å². The predicted molar refractivity (Wildman–Crippen MR) is 65.2 cm³/mol. The average Bonchev–Trinajstić information content (AvgIpc) is 2.20. The van der Waals surface area contributed by atoms with Crippen LogP contribution in [-0.4, -0.2) is 36.0 Å². The standard InChI is InChI=1S/2C5H8O2.2CH4O.Zn/c2*1-4(6)3-5(2)7;2*1-2;/h2*3,6H,1-2H3;2*2H,1H3;/q;;;;+2/p-2/b2*4-3-;;;. The number of hydrogen-bond donors (Lipinski definition) is 2. The molecule has 0 saturated heterocycles. The van der Waals surface area contributed by atoms with Crippen molar-refractivity contribution in [1.82, 2.24) is 0 Å². The average molecular weight is 328 g/mol. The Kier molecular flexibility index (Phi) is 41.6. The third-order valence-electron chi connectivity index (χ3n) is 0.813. The molecule has 0 atom stereocenters. The zero-order valence-corrected chi connectivity index (χ0v) is 15.4. The number of carbonyl (C=O) groups is 2. The van der Waals surface area contributed by atoms with Crippen molar-refractivity contribution >= 4 is 11.6 Å². The molecule has 0 bridgehead atoms. The van der Waals surface area contributed by atoms with Gasteiger partial charge in [-0.2, -0.15) is 0 Å². The molecule has 0 aliphatic carbocycles. The van der Waals surface area contributed by atoms with Crippen molar-refractivity contribution in [2.24, 2.45) is 0 Å². The Balaban J connectivity index is -0.0000000522. The van der Waals surface area contributed by atoms with Crippen LogP contribution < -0.4 is 10.2 Å². The summed E-state index contributed by atoms with van der Waals surface area (Å²) < 4.78 is 0. The number of aliphatic hydroxyl groups is 2. The summed E-state index contributed by atoms with van der Waals surface area (Å²) in [4.78, 5) is 20.0. The SMILES string of the molecule is CC(=O)/C=C(/C)[O-].CC(=O)/C=C(/C)[O-].CO.CO.[Zn+2]. The predicted octanol–water partition coefficient (Wildman–Crippen LogP) is -1.11. The first-order valence-corrected chi connectivity index (χ1v) is 4.87. The van der Waals surface area contributed by atoms with E-state index in [2.05, 4.69) is 0 Å². The molecule has 0 spiro atoms. The summed E-state index contributed by atoms with van der Waals surface area (Å²) in [6, 6.07) is 0. The smallest absolute Gasteiger partial charge is 0.876 e. The molecule has 6 nitrogen and oxygen atoms in total. The number of carbonyl (C=O) groups excluding carboxylic acids is 2. The molecule has 0 aliphatic heterocycles. The second kappa shape index (κ2) is 25.7. The van der Waals surface area contributed by atoms with Gasteiger partial charge in [0.15, 0.2) is 11.6 Å². The van der Waals surface area contributed by atoms with Gasteiger partial charge in [-0.1, -0.05) is 13.8 Å². The summed E-state index contributed by atoms with van der Waals surface area (Å²) in [6.45, 7) is 5.39. The first-order chi connectivity index (χ1) is 8.25. The molecule has 0 amide bonds. The molecule has 19 heavy (non-hydrogen) atoms. The van der Waals surface area contributed by atoms with E-state index in [-0.39, 0.29) is 42.6 Å². The number of rotatable bonds is 2. The molecular formula is C12H22O6Zn. The van der Waals surface area contributed by atoms with Crippen molar-refractivity contribution in [1.29, 1.82) is 0 Å². The summed E-state index contributed by atoms with van der Waals surface area (Å²) in [5, 5.41) is 34.0. The van der Waals surface area contributed by atoms with E-state index in [0.29, 0.717) is 0 Å². The monoisotopic (exact) mass is 326 g/mol. The minimum Gasteiger partial charge on any atom is -0.876 e. The van der Waals surface area contributed by atoms with Gasteiger partial charge in [0.25, 0.3) is 0 Å². The van der Waals surface area contributed by atoms with Crippen LogP contribution >= 0.6 is 0 Å². The topological polar surface area (TPSA) is 121 Å². The van der Waals surface area contributed by atoms with E-state index in [0.717, 1.165) is 26.4 Å². The van der Waals surface area contributed by atoms with Crippen molar-refractivity contribution < 1.29 is 49.5 Å². The Hall–Kier alpha value is -1.04. The van der Waals surface area contributed by atoms with Crippen LogP contribution in [0, 0.1) is 0 Å². The van der Waals surface area contributed by atoms with Gasteiger partial charge in [0.05, 0.1) is 0 Å². The van der Waals surface area contributed by atoms with E-state index >= 15 is 0 Å². The molecular weight excluding hydrogens is 306 g/mol. The fourth-order valence-corrected chi connectivity index (χ4v) is 0.572. The van der Waals surface area contributed by atoms with Gasteiger partial charge < -0.3 is 20.4 Å². The minimum atomic E-state index is -0.187. The van der Waals surface area contributed by atoms with Gasteiger partial charge in [0, 0.05) is 14.2 Å². The Morgan fingerprint density at radius 3 is 0.895 bits per heavy atom. The molecule has 0 unspecified atom stereocenters. The van der Waals surface area contributed by atoms with Crippen LogP contribution in [0.4, 0.5) is 0 Å². The van der Waals surface area contributed by atoms with Gasteiger partial charge in [-0.15, -0.1) is 11.5 Å². The maximum absolute atomic E-state index is 9.98. The third kappa shape index (κ3) is 78.3. The molecule has 0 radical (unpaired) electrons. The van der Waals surface area contributed by atoms with Gasteiger partial charge in [-0.3, -0.25) is 9.59 Å². The van der Waals surface area contributed by atoms with Crippen LogP contribution in [0.3, 0.4) is 0 Å². The summed E-state index contributed by atoms with van der Waals surface area (Å²) in [5.41, 5.74) is 0. The Labute approximate surface area is 127 Å². The first-order valence-electron chi connectivity index (χ1n) is 4.87. The van der Waals surface area contributed by atoms with Crippen LogP contribution in [0.1, 0.15) is 27.7 Å². The van der Waals surface area contributed by atoms with Crippen LogP contribution in [0.15, 0.2) is 23.7 Å². The molecule has 0 aromatic heterocycles. The van der Waals surface area contributed by atoms with Crippen molar-refractivity contribution in [3.05, 3.63) is 23.7 Å².